The lowest BCUT2D eigenvalue weighted by Gasteiger charge is -2.12. The zero-order valence-corrected chi connectivity index (χ0v) is 12.8. The maximum Gasteiger partial charge on any atom is 0.416 e. The summed E-state index contributed by atoms with van der Waals surface area (Å²) < 4.78 is 39.7. The van der Waals surface area contributed by atoms with Crippen molar-refractivity contribution in [3.05, 3.63) is 71.5 Å². The highest BCUT2D eigenvalue weighted by Crippen LogP contribution is 2.31. The summed E-state index contributed by atoms with van der Waals surface area (Å²) in [7, 11) is 0. The van der Waals surface area contributed by atoms with Gasteiger partial charge in [-0.2, -0.15) is 18.4 Å². The van der Waals surface area contributed by atoms with Gasteiger partial charge in [0.25, 0.3) is 0 Å². The van der Waals surface area contributed by atoms with Crippen LogP contribution in [0.15, 0.2) is 54.7 Å². The van der Waals surface area contributed by atoms with Gasteiger partial charge in [0, 0.05) is 11.1 Å². The minimum atomic E-state index is -4.42. The first kappa shape index (κ1) is 16.6. The average Bonchev–Trinajstić information content (AvgIpc) is 2.99. The molecule has 0 spiro atoms. The second-order valence-corrected chi connectivity index (χ2v) is 5.37. The highest BCUT2D eigenvalue weighted by Gasteiger charge is 2.30. The van der Waals surface area contributed by atoms with Crippen molar-refractivity contribution in [2.24, 2.45) is 0 Å². The molecule has 0 saturated carbocycles. The maximum absolute atomic E-state index is 12.7. The van der Waals surface area contributed by atoms with Gasteiger partial charge in [0.1, 0.15) is 23.3 Å². The summed E-state index contributed by atoms with van der Waals surface area (Å²) in [5.74, 6) is 0.423. The number of hydrogen-bond donors (Lipinski definition) is 1. The van der Waals surface area contributed by atoms with E-state index in [1.165, 1.54) is 24.4 Å². The monoisotopic (exact) mass is 343 g/mol. The molecule has 25 heavy (non-hydrogen) atoms. The molecule has 1 aromatic heterocycles. The Bertz CT molecular complexity index is 937. The Morgan fingerprint density at radius 1 is 1.08 bits per heavy atom. The Morgan fingerprint density at radius 2 is 1.76 bits per heavy atom. The molecule has 126 valence electrons. The minimum absolute atomic E-state index is 0.0680. The molecule has 3 rings (SSSR count). The SMILES string of the molecule is N#Cc1cnc(-c2ccc(C(F)(F)F)cc2)n1Cc1ccccc1O. The van der Waals surface area contributed by atoms with Crippen molar-refractivity contribution in [1.29, 1.82) is 5.26 Å². The van der Waals surface area contributed by atoms with E-state index in [0.29, 0.717) is 17.0 Å². The van der Waals surface area contributed by atoms with E-state index in [-0.39, 0.29) is 18.0 Å². The van der Waals surface area contributed by atoms with Crippen LogP contribution < -0.4 is 0 Å². The Morgan fingerprint density at radius 3 is 2.36 bits per heavy atom. The third-order valence-electron chi connectivity index (χ3n) is 3.76. The largest absolute Gasteiger partial charge is 0.508 e. The van der Waals surface area contributed by atoms with Crippen LogP contribution in [0.4, 0.5) is 13.2 Å². The standard InChI is InChI=1S/C18H12F3N3O/c19-18(20,21)14-7-5-12(6-8-14)17-23-10-15(9-22)24(17)11-13-3-1-2-4-16(13)25/h1-8,10,25H,11H2. The van der Waals surface area contributed by atoms with E-state index in [1.807, 2.05) is 6.07 Å². The predicted octanol–water partition coefficient (Wildman–Crippen LogP) is 4.19. The number of nitrogens with zero attached hydrogens (tertiary/aromatic N) is 3. The van der Waals surface area contributed by atoms with Gasteiger partial charge in [-0.25, -0.2) is 4.98 Å². The van der Waals surface area contributed by atoms with Crippen LogP contribution in [-0.2, 0) is 12.7 Å². The van der Waals surface area contributed by atoms with Crippen molar-refractivity contribution in [1.82, 2.24) is 9.55 Å². The summed E-state index contributed by atoms with van der Waals surface area (Å²) >= 11 is 0. The highest BCUT2D eigenvalue weighted by atomic mass is 19.4. The third kappa shape index (κ3) is 3.33. The van der Waals surface area contributed by atoms with Crippen molar-refractivity contribution in [2.75, 3.05) is 0 Å². The number of imidazole rings is 1. The summed E-state index contributed by atoms with van der Waals surface area (Å²) in [4.78, 5) is 4.15. The van der Waals surface area contributed by atoms with E-state index in [0.717, 1.165) is 12.1 Å². The first-order valence-corrected chi connectivity index (χ1v) is 7.30. The summed E-state index contributed by atoms with van der Waals surface area (Å²) in [6, 6.07) is 13.2. The molecular formula is C18H12F3N3O. The number of para-hydroxylation sites is 1. The number of phenols is 1. The van der Waals surface area contributed by atoms with Gasteiger partial charge in [-0.05, 0) is 18.2 Å². The van der Waals surface area contributed by atoms with Crippen LogP contribution in [0, 0.1) is 11.3 Å². The molecule has 0 aliphatic carbocycles. The van der Waals surface area contributed by atoms with Crippen molar-refractivity contribution in [3.8, 4) is 23.2 Å². The Labute approximate surface area is 141 Å². The number of hydrogen-bond acceptors (Lipinski definition) is 3. The summed E-state index contributed by atoms with van der Waals surface area (Å²) in [6.07, 6.45) is -3.06. The molecular weight excluding hydrogens is 331 g/mol. The smallest absolute Gasteiger partial charge is 0.416 e. The van der Waals surface area contributed by atoms with Gasteiger partial charge in [0.15, 0.2) is 0 Å². The summed E-state index contributed by atoms with van der Waals surface area (Å²) in [5.41, 5.74) is 0.517. The average molecular weight is 343 g/mol. The Balaban J connectivity index is 2.02. The van der Waals surface area contributed by atoms with Crippen LogP contribution in [-0.4, -0.2) is 14.7 Å². The number of aromatic nitrogens is 2. The molecule has 0 aliphatic heterocycles. The molecule has 0 unspecified atom stereocenters. The van der Waals surface area contributed by atoms with Crippen molar-refractivity contribution < 1.29 is 18.3 Å². The van der Waals surface area contributed by atoms with Crippen LogP contribution in [0.3, 0.4) is 0 Å². The lowest BCUT2D eigenvalue weighted by atomic mass is 10.1. The van der Waals surface area contributed by atoms with Crippen LogP contribution in [0.2, 0.25) is 0 Å². The van der Waals surface area contributed by atoms with Crippen LogP contribution >= 0.6 is 0 Å². The minimum Gasteiger partial charge on any atom is -0.508 e. The summed E-state index contributed by atoms with van der Waals surface area (Å²) in [5, 5.41) is 19.2. The van der Waals surface area contributed by atoms with Crippen molar-refractivity contribution in [2.45, 2.75) is 12.7 Å². The number of halogens is 3. The molecule has 0 bridgehead atoms. The van der Waals surface area contributed by atoms with Gasteiger partial charge in [0.2, 0.25) is 0 Å². The highest BCUT2D eigenvalue weighted by molar-refractivity contribution is 5.58. The molecule has 0 aliphatic rings. The lowest BCUT2D eigenvalue weighted by molar-refractivity contribution is -0.137. The van der Waals surface area contributed by atoms with E-state index in [9.17, 15) is 23.5 Å². The number of phenolic OH excluding ortho intramolecular Hbond substituents is 1. The fourth-order valence-electron chi connectivity index (χ4n) is 2.48. The number of rotatable bonds is 3. The van der Waals surface area contributed by atoms with E-state index < -0.39 is 11.7 Å². The van der Waals surface area contributed by atoms with E-state index in [1.54, 1.807) is 22.8 Å². The molecule has 0 saturated heterocycles. The number of nitriles is 1. The van der Waals surface area contributed by atoms with Crippen LogP contribution in [0.1, 0.15) is 16.8 Å². The topological polar surface area (TPSA) is 61.8 Å². The molecule has 1 N–H and O–H groups in total. The lowest BCUT2D eigenvalue weighted by Crippen LogP contribution is -2.06. The first-order chi connectivity index (χ1) is 11.9. The van der Waals surface area contributed by atoms with Gasteiger partial charge in [-0.3, -0.25) is 0 Å². The van der Waals surface area contributed by atoms with Crippen LogP contribution in [0.25, 0.3) is 11.4 Å². The first-order valence-electron chi connectivity index (χ1n) is 7.30. The molecule has 2 aromatic carbocycles. The maximum atomic E-state index is 12.7. The number of aromatic hydroxyl groups is 1. The van der Waals surface area contributed by atoms with E-state index in [2.05, 4.69) is 4.98 Å². The second kappa shape index (κ2) is 6.32. The van der Waals surface area contributed by atoms with Gasteiger partial charge >= 0.3 is 6.18 Å². The molecule has 0 fully saturated rings. The van der Waals surface area contributed by atoms with Gasteiger partial charge in [-0.15, -0.1) is 0 Å². The molecule has 0 radical (unpaired) electrons. The summed E-state index contributed by atoms with van der Waals surface area (Å²) in [6.45, 7) is 0.173. The number of alkyl halides is 3. The van der Waals surface area contributed by atoms with Crippen LogP contribution in [0.5, 0.6) is 5.75 Å². The van der Waals surface area contributed by atoms with E-state index in [4.69, 9.17) is 0 Å². The quantitative estimate of drug-likeness (QED) is 0.775. The second-order valence-electron chi connectivity index (χ2n) is 5.37. The molecule has 1 heterocycles. The Kier molecular flexibility index (Phi) is 4.19. The van der Waals surface area contributed by atoms with Crippen molar-refractivity contribution in [3.63, 3.8) is 0 Å². The fourth-order valence-corrected chi connectivity index (χ4v) is 2.48. The molecule has 4 nitrogen and oxygen atoms in total. The normalized spacial score (nSPS) is 11.3. The zero-order valence-electron chi connectivity index (χ0n) is 12.8. The van der Waals surface area contributed by atoms with E-state index >= 15 is 0 Å². The molecule has 0 amide bonds. The zero-order chi connectivity index (χ0) is 18.0. The molecule has 0 atom stereocenters. The van der Waals surface area contributed by atoms with Gasteiger partial charge < -0.3 is 9.67 Å². The molecule has 3 aromatic rings. The number of benzene rings is 2. The van der Waals surface area contributed by atoms with Crippen molar-refractivity contribution >= 4 is 0 Å². The van der Waals surface area contributed by atoms with Gasteiger partial charge in [-0.1, -0.05) is 30.3 Å². The predicted molar refractivity (Wildman–Crippen MR) is 84.6 cm³/mol. The molecule has 7 heteroatoms. The third-order valence-corrected chi connectivity index (χ3v) is 3.76. The Hall–Kier alpha value is -3.27. The van der Waals surface area contributed by atoms with Gasteiger partial charge in [0.05, 0.1) is 18.3 Å². The fraction of sp³-hybridized carbons (Fsp3) is 0.111.